The Morgan fingerprint density at radius 3 is 2.47 bits per heavy atom. The Balaban J connectivity index is 1.69. The van der Waals surface area contributed by atoms with Crippen LogP contribution in [0.15, 0.2) is 78.9 Å². The summed E-state index contributed by atoms with van der Waals surface area (Å²) >= 11 is 0. The predicted molar refractivity (Wildman–Crippen MR) is 136 cm³/mol. The molecule has 5 nitrogen and oxygen atoms in total. The van der Waals surface area contributed by atoms with Gasteiger partial charge in [0.05, 0.1) is 21.3 Å². The molecule has 0 aliphatic heterocycles. The van der Waals surface area contributed by atoms with E-state index in [1.54, 1.807) is 14.2 Å². The quantitative estimate of drug-likeness (QED) is 0.322. The summed E-state index contributed by atoms with van der Waals surface area (Å²) in [6, 6.07) is 26.5. The molecular weight excluding hydrogens is 426 g/mol. The van der Waals surface area contributed by atoms with Gasteiger partial charge in [0, 0.05) is 12.6 Å². The van der Waals surface area contributed by atoms with E-state index in [0.29, 0.717) is 17.9 Å². The number of hydrogen-bond acceptors (Lipinski definition) is 5. The number of methoxy groups -OCH3 is 3. The first-order valence-electron chi connectivity index (χ1n) is 11.2. The zero-order valence-electron chi connectivity index (χ0n) is 19.9. The average molecular weight is 456 g/mol. The van der Waals surface area contributed by atoms with E-state index in [-0.39, 0.29) is 6.04 Å². The highest BCUT2D eigenvalue weighted by Crippen LogP contribution is 2.33. The zero-order valence-corrected chi connectivity index (χ0v) is 19.9. The molecule has 5 heteroatoms. The number of carbonyl (C=O) groups is 1. The van der Waals surface area contributed by atoms with E-state index in [2.05, 4.69) is 48.6 Å². The van der Waals surface area contributed by atoms with Gasteiger partial charge in [-0.05, 0) is 76.3 Å². The van der Waals surface area contributed by atoms with Gasteiger partial charge in [0.2, 0.25) is 0 Å². The fraction of sp³-hybridized carbons (Fsp3) is 0.207. The second-order valence-corrected chi connectivity index (χ2v) is 8.15. The molecule has 0 aromatic heterocycles. The Kier molecular flexibility index (Phi) is 7.14. The SMILES string of the molecule is COC(=O)c1cc(-c2cc(CNC(C)c3cccc(OC)c3)cc3ccccc23)ccc1OC. The molecule has 0 saturated heterocycles. The monoisotopic (exact) mass is 455 g/mol. The molecule has 1 unspecified atom stereocenters. The maximum Gasteiger partial charge on any atom is 0.341 e. The molecule has 0 spiro atoms. The van der Waals surface area contributed by atoms with Crippen LogP contribution in [0, 0.1) is 0 Å². The van der Waals surface area contributed by atoms with E-state index in [0.717, 1.165) is 33.2 Å². The van der Waals surface area contributed by atoms with Crippen LogP contribution in [-0.4, -0.2) is 27.3 Å². The van der Waals surface area contributed by atoms with Crippen LogP contribution in [0.4, 0.5) is 0 Å². The number of benzene rings is 4. The summed E-state index contributed by atoms with van der Waals surface area (Å²) in [7, 11) is 4.60. The van der Waals surface area contributed by atoms with Crippen molar-refractivity contribution in [1.29, 1.82) is 0 Å². The third-order valence-corrected chi connectivity index (χ3v) is 6.04. The first-order valence-corrected chi connectivity index (χ1v) is 11.2. The third kappa shape index (κ3) is 4.90. The van der Waals surface area contributed by atoms with Crippen molar-refractivity contribution in [2.75, 3.05) is 21.3 Å². The van der Waals surface area contributed by atoms with E-state index >= 15 is 0 Å². The molecule has 174 valence electrons. The van der Waals surface area contributed by atoms with Gasteiger partial charge in [-0.2, -0.15) is 0 Å². The minimum absolute atomic E-state index is 0.150. The van der Waals surface area contributed by atoms with Crippen molar-refractivity contribution in [1.82, 2.24) is 5.32 Å². The molecule has 4 aromatic rings. The van der Waals surface area contributed by atoms with Crippen molar-refractivity contribution < 1.29 is 19.0 Å². The van der Waals surface area contributed by atoms with E-state index in [1.807, 2.05) is 42.5 Å². The van der Waals surface area contributed by atoms with Crippen LogP contribution in [0.25, 0.3) is 21.9 Å². The Labute approximate surface area is 200 Å². The Bertz CT molecular complexity index is 1310. The van der Waals surface area contributed by atoms with Crippen molar-refractivity contribution >= 4 is 16.7 Å². The lowest BCUT2D eigenvalue weighted by Crippen LogP contribution is -2.18. The highest BCUT2D eigenvalue weighted by Gasteiger charge is 2.16. The van der Waals surface area contributed by atoms with E-state index in [1.165, 1.54) is 12.7 Å². The summed E-state index contributed by atoms with van der Waals surface area (Å²) in [4.78, 5) is 12.3. The Morgan fingerprint density at radius 2 is 1.71 bits per heavy atom. The van der Waals surface area contributed by atoms with Gasteiger partial charge in [0.15, 0.2) is 0 Å². The average Bonchev–Trinajstić information content (AvgIpc) is 2.90. The fourth-order valence-electron chi connectivity index (χ4n) is 4.16. The van der Waals surface area contributed by atoms with Gasteiger partial charge in [-0.1, -0.05) is 42.5 Å². The van der Waals surface area contributed by atoms with Crippen molar-refractivity contribution in [3.63, 3.8) is 0 Å². The minimum Gasteiger partial charge on any atom is -0.497 e. The maximum absolute atomic E-state index is 12.3. The third-order valence-electron chi connectivity index (χ3n) is 6.04. The molecule has 0 radical (unpaired) electrons. The van der Waals surface area contributed by atoms with Gasteiger partial charge in [-0.15, -0.1) is 0 Å². The van der Waals surface area contributed by atoms with Crippen LogP contribution in [0.5, 0.6) is 11.5 Å². The molecule has 4 aromatic carbocycles. The topological polar surface area (TPSA) is 56.8 Å². The first kappa shape index (κ1) is 23.3. The molecule has 0 aliphatic rings. The number of esters is 1. The molecule has 0 fully saturated rings. The van der Waals surface area contributed by atoms with Crippen LogP contribution >= 0.6 is 0 Å². The highest BCUT2D eigenvalue weighted by atomic mass is 16.5. The fourth-order valence-corrected chi connectivity index (χ4v) is 4.16. The second kappa shape index (κ2) is 10.4. The van der Waals surface area contributed by atoms with Crippen molar-refractivity contribution in [3.05, 3.63) is 95.6 Å². The zero-order chi connectivity index (χ0) is 24.1. The van der Waals surface area contributed by atoms with Crippen LogP contribution in [0.2, 0.25) is 0 Å². The normalized spacial score (nSPS) is 11.8. The van der Waals surface area contributed by atoms with Gasteiger partial charge in [0.1, 0.15) is 17.1 Å². The molecule has 1 N–H and O–H groups in total. The lowest BCUT2D eigenvalue weighted by molar-refractivity contribution is 0.0597. The molecule has 0 amide bonds. The number of fused-ring (bicyclic) bond motifs is 1. The van der Waals surface area contributed by atoms with Crippen molar-refractivity contribution in [2.24, 2.45) is 0 Å². The van der Waals surface area contributed by atoms with Gasteiger partial charge < -0.3 is 19.5 Å². The van der Waals surface area contributed by atoms with E-state index in [9.17, 15) is 4.79 Å². The number of rotatable bonds is 8. The lowest BCUT2D eigenvalue weighted by atomic mass is 9.94. The predicted octanol–water partition coefficient (Wildman–Crippen LogP) is 6.16. The van der Waals surface area contributed by atoms with E-state index in [4.69, 9.17) is 14.2 Å². The van der Waals surface area contributed by atoms with Crippen LogP contribution in [0.1, 0.15) is 34.5 Å². The van der Waals surface area contributed by atoms with Gasteiger partial charge in [-0.25, -0.2) is 4.79 Å². The summed E-state index contributed by atoms with van der Waals surface area (Å²) < 4.78 is 15.7. The van der Waals surface area contributed by atoms with Crippen LogP contribution in [0.3, 0.4) is 0 Å². The summed E-state index contributed by atoms with van der Waals surface area (Å²) in [5.74, 6) is 0.915. The molecule has 0 heterocycles. The molecule has 1 atom stereocenters. The number of ether oxygens (including phenoxy) is 3. The van der Waals surface area contributed by atoms with Crippen molar-refractivity contribution in [2.45, 2.75) is 19.5 Å². The smallest absolute Gasteiger partial charge is 0.341 e. The van der Waals surface area contributed by atoms with E-state index < -0.39 is 5.97 Å². The highest BCUT2D eigenvalue weighted by molar-refractivity contribution is 6.00. The first-order chi connectivity index (χ1) is 16.5. The number of nitrogens with one attached hydrogen (secondary N) is 1. The summed E-state index contributed by atoms with van der Waals surface area (Å²) in [6.07, 6.45) is 0. The lowest BCUT2D eigenvalue weighted by Gasteiger charge is -2.17. The molecule has 0 bridgehead atoms. The van der Waals surface area contributed by atoms with Gasteiger partial charge in [0.25, 0.3) is 0 Å². The number of hydrogen-bond donors (Lipinski definition) is 1. The van der Waals surface area contributed by atoms with Crippen LogP contribution < -0.4 is 14.8 Å². The van der Waals surface area contributed by atoms with Crippen molar-refractivity contribution in [3.8, 4) is 22.6 Å². The second-order valence-electron chi connectivity index (χ2n) is 8.15. The van der Waals surface area contributed by atoms with Gasteiger partial charge >= 0.3 is 5.97 Å². The summed E-state index contributed by atoms with van der Waals surface area (Å²) in [5, 5.41) is 5.88. The molecule has 0 aliphatic carbocycles. The maximum atomic E-state index is 12.3. The molecule has 4 rings (SSSR count). The minimum atomic E-state index is -0.423. The summed E-state index contributed by atoms with van der Waals surface area (Å²) in [5.41, 5.74) is 4.70. The molecular formula is C29H29NO4. The van der Waals surface area contributed by atoms with Gasteiger partial charge in [-0.3, -0.25) is 0 Å². The summed E-state index contributed by atoms with van der Waals surface area (Å²) in [6.45, 7) is 2.83. The number of carbonyl (C=O) groups excluding carboxylic acids is 1. The molecule has 0 saturated carbocycles. The molecule has 34 heavy (non-hydrogen) atoms. The standard InChI is InChI=1S/C29H29NO4/c1-19(21-9-7-10-24(16-21)32-2)30-18-20-14-22-8-5-6-11-25(22)26(15-20)23-12-13-28(33-3)27(17-23)29(31)34-4/h5-17,19,30H,18H2,1-4H3. The largest absolute Gasteiger partial charge is 0.497 e. The Morgan fingerprint density at radius 1 is 0.882 bits per heavy atom. The Hall–Kier alpha value is -3.83. The van der Waals surface area contributed by atoms with Crippen LogP contribution in [-0.2, 0) is 11.3 Å².